The van der Waals surface area contributed by atoms with E-state index in [1.165, 1.54) is 25.8 Å². The van der Waals surface area contributed by atoms with Gasteiger partial charge in [0.1, 0.15) is 23.9 Å². The van der Waals surface area contributed by atoms with Crippen molar-refractivity contribution in [2.75, 3.05) is 56.6 Å². The first kappa shape index (κ1) is 51.5. The van der Waals surface area contributed by atoms with Gasteiger partial charge in [0.2, 0.25) is 11.8 Å². The van der Waals surface area contributed by atoms with Crippen molar-refractivity contribution >= 4 is 40.9 Å². The van der Waals surface area contributed by atoms with Crippen LogP contribution in [-0.4, -0.2) is 97.4 Å². The fraction of sp³-hybridized carbons (Fsp3) is 0.479. The molecule has 2 saturated heterocycles. The molecule has 17 heteroatoms. The minimum atomic E-state index is -5.12. The number of anilines is 2. The van der Waals surface area contributed by atoms with Crippen molar-refractivity contribution in [2.45, 2.75) is 94.0 Å². The molecule has 2 aliphatic rings. The molecule has 0 radical (unpaired) electrons. The lowest BCUT2D eigenvalue weighted by Crippen LogP contribution is -2.51. The molecule has 65 heavy (non-hydrogen) atoms. The summed E-state index contributed by atoms with van der Waals surface area (Å²) in [5, 5.41) is 8.20. The number of benzene rings is 2. The molecule has 5 rings (SSSR count). The van der Waals surface area contributed by atoms with E-state index in [9.17, 15) is 32.3 Å². The number of piperazine rings is 1. The summed E-state index contributed by atoms with van der Waals surface area (Å²) in [7, 11) is 1.22. The number of rotatable bonds is 12. The molecule has 3 heterocycles. The van der Waals surface area contributed by atoms with Crippen LogP contribution < -0.4 is 25.6 Å². The Kier molecular flexibility index (Phi) is 18.0. The maximum absolute atomic E-state index is 15.6. The third kappa shape index (κ3) is 14.2. The molecule has 2 fully saturated rings. The van der Waals surface area contributed by atoms with Crippen molar-refractivity contribution in [1.82, 2.24) is 25.4 Å². The third-order valence-corrected chi connectivity index (χ3v) is 10.9. The van der Waals surface area contributed by atoms with Crippen molar-refractivity contribution in [3.8, 4) is 16.9 Å². The number of nitrogens with zero attached hydrogens (tertiary/aromatic N) is 4. The van der Waals surface area contributed by atoms with Crippen LogP contribution in [0.2, 0.25) is 0 Å². The zero-order chi connectivity index (χ0) is 48.2. The van der Waals surface area contributed by atoms with Crippen LogP contribution in [0.25, 0.3) is 16.7 Å². The molecule has 0 spiro atoms. The van der Waals surface area contributed by atoms with Crippen LogP contribution in [0.4, 0.5) is 33.9 Å². The van der Waals surface area contributed by atoms with Crippen LogP contribution in [0.15, 0.2) is 72.2 Å². The molecule has 4 amide bonds. The molecule has 13 nitrogen and oxygen atoms in total. The number of carbonyl (C=O) groups excluding carboxylic acids is 4. The van der Waals surface area contributed by atoms with E-state index in [0.29, 0.717) is 56.9 Å². The number of hydrogen-bond acceptors (Lipinski definition) is 9. The Balaban J connectivity index is 0.00000300. The maximum Gasteiger partial charge on any atom is 0.573 e. The number of alkyl halides is 3. The highest BCUT2D eigenvalue weighted by Gasteiger charge is 2.37. The Morgan fingerprint density at radius 3 is 2.11 bits per heavy atom. The molecule has 1 aromatic heterocycles. The number of hydrogen-bond donors (Lipinski definition) is 3. The summed E-state index contributed by atoms with van der Waals surface area (Å²) in [4.78, 5) is 60.5. The summed E-state index contributed by atoms with van der Waals surface area (Å²) < 4.78 is 65.7. The van der Waals surface area contributed by atoms with Crippen molar-refractivity contribution in [2.24, 2.45) is 11.3 Å². The highest BCUT2D eigenvalue weighted by atomic mass is 19.4. The number of ether oxygens (including phenoxy) is 2. The van der Waals surface area contributed by atoms with Gasteiger partial charge in [-0.2, -0.15) is 0 Å². The predicted molar refractivity (Wildman–Crippen MR) is 244 cm³/mol. The van der Waals surface area contributed by atoms with E-state index in [0.717, 1.165) is 29.0 Å². The number of carbonyl (C=O) groups is 4. The first-order valence-corrected chi connectivity index (χ1v) is 21.9. The number of aromatic nitrogens is 1. The zero-order valence-corrected chi connectivity index (χ0v) is 39.0. The van der Waals surface area contributed by atoms with E-state index in [-0.39, 0.29) is 47.0 Å². The number of alkyl carbamates (subject to hydrolysis) is 1. The lowest BCUT2D eigenvalue weighted by Gasteiger charge is -2.38. The van der Waals surface area contributed by atoms with Gasteiger partial charge < -0.3 is 40.1 Å². The number of halogens is 4. The maximum atomic E-state index is 15.6. The Bertz CT molecular complexity index is 2200. The summed E-state index contributed by atoms with van der Waals surface area (Å²) in [6, 6.07) is 11.0. The minimum absolute atomic E-state index is 0.0505. The number of pyridine rings is 1. The van der Waals surface area contributed by atoms with E-state index >= 15 is 4.39 Å². The molecule has 3 N–H and O–H groups in total. The van der Waals surface area contributed by atoms with Gasteiger partial charge in [0.05, 0.1) is 24.4 Å². The lowest BCUT2D eigenvalue weighted by molar-refractivity contribution is -0.274. The topological polar surface area (TPSA) is 145 Å². The molecule has 3 aromatic rings. The highest BCUT2D eigenvalue weighted by Crippen LogP contribution is 2.38. The van der Waals surface area contributed by atoms with Gasteiger partial charge in [-0.15, -0.1) is 13.2 Å². The van der Waals surface area contributed by atoms with Gasteiger partial charge in [-0.3, -0.25) is 14.4 Å². The van der Waals surface area contributed by atoms with Crippen molar-refractivity contribution in [3.63, 3.8) is 0 Å². The van der Waals surface area contributed by atoms with Gasteiger partial charge in [0.15, 0.2) is 0 Å². The Labute approximate surface area is 379 Å². The van der Waals surface area contributed by atoms with Crippen molar-refractivity contribution in [1.29, 1.82) is 0 Å². The smallest absolute Gasteiger partial charge is 0.453 e. The normalized spacial score (nSPS) is 17.1. The van der Waals surface area contributed by atoms with Gasteiger partial charge in [0, 0.05) is 67.9 Å². The average Bonchev–Trinajstić information content (AvgIpc) is 3.66. The summed E-state index contributed by atoms with van der Waals surface area (Å²) in [5.74, 6) is -1.89. The summed E-state index contributed by atoms with van der Waals surface area (Å²) in [6.45, 7) is 20.2. The minimum Gasteiger partial charge on any atom is -0.453 e. The molecule has 2 aliphatic heterocycles. The van der Waals surface area contributed by atoms with Crippen molar-refractivity contribution < 1.29 is 46.2 Å². The average molecular weight is 910 g/mol. The van der Waals surface area contributed by atoms with Gasteiger partial charge >= 0.3 is 12.5 Å². The SMILES string of the molecule is CC/C(C)=C(/N/C=C(\C)c1ccc(-c2cc(F)c(NC(=O)c3ccc(N4CCN(C(=O)C(C)(C)C)CC4)nc3)cc2OC(F)(F)F)cc1)C1CC(C)CN1C(=O)CNC(=O)OC.CCC. The second-order valence-corrected chi connectivity index (χ2v) is 17.3. The van der Waals surface area contributed by atoms with Gasteiger partial charge in [-0.05, 0) is 67.5 Å². The summed E-state index contributed by atoms with van der Waals surface area (Å²) in [6.07, 6.45) is -0.0659. The first-order chi connectivity index (χ1) is 30.6. The Hall–Kier alpha value is -6.13. The number of methoxy groups -OCH3 is 1. The molecular weight excluding hydrogens is 847 g/mol. The van der Waals surface area contributed by atoms with Crippen LogP contribution in [0.3, 0.4) is 0 Å². The number of amides is 4. The largest absolute Gasteiger partial charge is 0.573 e. The predicted octanol–water partition coefficient (Wildman–Crippen LogP) is 9.38. The van der Waals surface area contributed by atoms with Crippen LogP contribution in [-0.2, 0) is 14.3 Å². The van der Waals surface area contributed by atoms with Crippen molar-refractivity contribution in [3.05, 3.63) is 89.1 Å². The Morgan fingerprint density at radius 1 is 0.923 bits per heavy atom. The molecule has 0 saturated carbocycles. The van der Waals surface area contributed by atoms with Crippen LogP contribution in [0, 0.1) is 17.2 Å². The standard InChI is InChI=1S/C45H55F4N7O6.C3H8/c1-9-28(3)40(36-20-27(2)26-56(36)39(57)25-52-43(60)61-8)51-23-29(4)30-10-12-31(13-11-30)33-21-34(46)35(22-37(33)62-45(47,48)49)53-41(58)32-14-15-38(50-24-32)54-16-18-55(19-17-54)42(59)44(5,6)7;1-3-2/h10-15,21-24,27,36,51H,9,16-20,25-26H2,1-8H3,(H,52,60)(H,53,58);3H2,1-2H3/b29-23+,40-28+;. The first-order valence-electron chi connectivity index (χ1n) is 21.9. The molecule has 0 aliphatic carbocycles. The zero-order valence-electron chi connectivity index (χ0n) is 39.0. The monoisotopic (exact) mass is 909 g/mol. The van der Waals surface area contributed by atoms with Crippen LogP contribution in [0.1, 0.15) is 97.5 Å². The quantitative estimate of drug-likeness (QED) is 0.151. The Morgan fingerprint density at radius 2 is 1.55 bits per heavy atom. The molecule has 2 atom stereocenters. The second-order valence-electron chi connectivity index (χ2n) is 17.3. The number of nitrogens with one attached hydrogen (secondary N) is 3. The second kappa shape index (κ2) is 22.7. The van der Waals surface area contributed by atoms with E-state index in [2.05, 4.69) is 51.2 Å². The fourth-order valence-electron chi connectivity index (χ4n) is 7.39. The summed E-state index contributed by atoms with van der Waals surface area (Å²) in [5.41, 5.74) is 2.44. The molecule has 2 aromatic carbocycles. The van der Waals surface area contributed by atoms with E-state index in [4.69, 9.17) is 0 Å². The van der Waals surface area contributed by atoms with Gasteiger partial charge in [0.25, 0.3) is 5.91 Å². The highest BCUT2D eigenvalue weighted by molar-refractivity contribution is 6.04. The van der Waals surface area contributed by atoms with Crippen LogP contribution >= 0.6 is 0 Å². The van der Waals surface area contributed by atoms with Crippen LogP contribution in [0.5, 0.6) is 5.75 Å². The summed E-state index contributed by atoms with van der Waals surface area (Å²) >= 11 is 0. The van der Waals surface area contributed by atoms with Gasteiger partial charge in [-0.1, -0.05) is 84.7 Å². The number of likely N-dealkylation sites (tertiary alicyclic amines) is 1. The molecule has 0 bridgehead atoms. The molecule has 2 unspecified atom stereocenters. The molecule has 354 valence electrons. The van der Waals surface area contributed by atoms with Gasteiger partial charge in [-0.25, -0.2) is 14.2 Å². The third-order valence-electron chi connectivity index (χ3n) is 10.9. The number of allylic oxidation sites excluding steroid dienone is 2. The fourth-order valence-corrected chi connectivity index (χ4v) is 7.39. The lowest BCUT2D eigenvalue weighted by atomic mass is 9.94. The van der Waals surface area contributed by atoms with E-state index in [1.807, 2.05) is 46.4 Å². The van der Waals surface area contributed by atoms with E-state index in [1.54, 1.807) is 46.3 Å². The molecular formula is C48H63F4N7O6. The van der Waals surface area contributed by atoms with E-state index < -0.39 is 41.0 Å².